The van der Waals surface area contributed by atoms with Crippen LogP contribution < -0.4 is 0 Å². The lowest BCUT2D eigenvalue weighted by Gasteiger charge is -2.36. The van der Waals surface area contributed by atoms with Crippen LogP contribution in [0.3, 0.4) is 0 Å². The zero-order chi connectivity index (χ0) is 19.0. The Morgan fingerprint density at radius 3 is 2.89 bits per heavy atom. The number of piperidine rings is 1. The summed E-state index contributed by atoms with van der Waals surface area (Å²) >= 11 is 0. The van der Waals surface area contributed by atoms with E-state index >= 15 is 0 Å². The number of carbonyl (C=O) groups is 2. The van der Waals surface area contributed by atoms with Crippen molar-refractivity contribution in [1.82, 2.24) is 19.2 Å². The van der Waals surface area contributed by atoms with Gasteiger partial charge in [-0.05, 0) is 50.7 Å². The summed E-state index contributed by atoms with van der Waals surface area (Å²) in [6.07, 6.45) is 6.79. The summed E-state index contributed by atoms with van der Waals surface area (Å²) in [7, 11) is 0. The highest BCUT2D eigenvalue weighted by Crippen LogP contribution is 2.24. The number of aryl methyl sites for hydroxylation is 1. The minimum absolute atomic E-state index is 0.0330. The van der Waals surface area contributed by atoms with Gasteiger partial charge in [0.25, 0.3) is 5.91 Å². The van der Waals surface area contributed by atoms with E-state index in [-0.39, 0.29) is 23.6 Å². The van der Waals surface area contributed by atoms with Crippen LogP contribution in [0.15, 0.2) is 18.3 Å². The first-order valence-electron chi connectivity index (χ1n) is 9.77. The van der Waals surface area contributed by atoms with Gasteiger partial charge in [-0.3, -0.25) is 14.0 Å². The van der Waals surface area contributed by atoms with Crippen molar-refractivity contribution in [3.05, 3.63) is 35.5 Å². The van der Waals surface area contributed by atoms with E-state index in [0.29, 0.717) is 25.2 Å². The van der Waals surface area contributed by atoms with Gasteiger partial charge < -0.3 is 9.80 Å². The molecule has 2 saturated heterocycles. The van der Waals surface area contributed by atoms with Gasteiger partial charge in [0.05, 0.1) is 0 Å². The second kappa shape index (κ2) is 7.29. The number of hydrogen-bond donors (Lipinski definition) is 0. The maximum absolute atomic E-state index is 14.8. The first-order chi connectivity index (χ1) is 13.0. The Balaban J connectivity index is 1.53. The third kappa shape index (κ3) is 3.42. The molecule has 0 radical (unpaired) electrons. The van der Waals surface area contributed by atoms with Crippen LogP contribution in [0, 0.1) is 12.9 Å². The summed E-state index contributed by atoms with van der Waals surface area (Å²) in [5, 5.41) is 0. The summed E-state index contributed by atoms with van der Waals surface area (Å²) in [5.41, 5.74) is 1.24. The Kier molecular flexibility index (Phi) is 4.85. The predicted molar refractivity (Wildman–Crippen MR) is 99.0 cm³/mol. The lowest BCUT2D eigenvalue weighted by molar-refractivity contribution is -0.127. The SMILES string of the molecule is Cc1ccc2nc(C(=O)N3CCCCC3CCN3CCCC3=O)c(F)n2c1. The molecule has 6 nitrogen and oxygen atoms in total. The first kappa shape index (κ1) is 17.9. The topological polar surface area (TPSA) is 57.9 Å². The van der Waals surface area contributed by atoms with E-state index in [1.165, 1.54) is 4.40 Å². The number of pyridine rings is 1. The third-order valence-electron chi connectivity index (χ3n) is 5.70. The fourth-order valence-corrected chi connectivity index (χ4v) is 4.21. The lowest BCUT2D eigenvalue weighted by Crippen LogP contribution is -2.45. The number of halogens is 1. The minimum atomic E-state index is -0.599. The zero-order valence-corrected chi connectivity index (χ0v) is 15.7. The van der Waals surface area contributed by atoms with Crippen molar-refractivity contribution >= 4 is 17.5 Å². The van der Waals surface area contributed by atoms with E-state index in [9.17, 15) is 14.0 Å². The van der Waals surface area contributed by atoms with Crippen LogP contribution in [0.5, 0.6) is 0 Å². The van der Waals surface area contributed by atoms with Crippen molar-refractivity contribution < 1.29 is 14.0 Å². The van der Waals surface area contributed by atoms with Crippen LogP contribution in [-0.4, -0.2) is 56.7 Å². The van der Waals surface area contributed by atoms with Crippen LogP contribution in [0.4, 0.5) is 4.39 Å². The largest absolute Gasteiger partial charge is 0.343 e. The number of fused-ring (bicyclic) bond motifs is 1. The van der Waals surface area contributed by atoms with Crippen LogP contribution in [-0.2, 0) is 4.79 Å². The molecule has 144 valence electrons. The fraction of sp³-hybridized carbons (Fsp3) is 0.550. The maximum Gasteiger partial charge on any atom is 0.277 e. The molecule has 0 aliphatic carbocycles. The molecule has 4 rings (SSSR count). The summed E-state index contributed by atoms with van der Waals surface area (Å²) in [4.78, 5) is 32.8. The summed E-state index contributed by atoms with van der Waals surface area (Å²) in [5.74, 6) is -0.741. The molecule has 7 heteroatoms. The van der Waals surface area contributed by atoms with Crippen molar-refractivity contribution in [3.63, 3.8) is 0 Å². The van der Waals surface area contributed by atoms with Gasteiger partial charge in [0.1, 0.15) is 5.65 Å². The van der Waals surface area contributed by atoms with Crippen molar-refractivity contribution in [2.24, 2.45) is 0 Å². The van der Waals surface area contributed by atoms with Crippen molar-refractivity contribution in [1.29, 1.82) is 0 Å². The minimum Gasteiger partial charge on any atom is -0.343 e. The summed E-state index contributed by atoms with van der Waals surface area (Å²) in [6, 6.07) is 3.61. The molecule has 2 aromatic rings. The number of imidazole rings is 1. The van der Waals surface area contributed by atoms with Gasteiger partial charge in [0.2, 0.25) is 11.9 Å². The molecule has 27 heavy (non-hydrogen) atoms. The Labute approximate surface area is 158 Å². The van der Waals surface area contributed by atoms with Crippen LogP contribution in [0.1, 0.15) is 54.6 Å². The molecule has 2 fully saturated rings. The average molecular weight is 372 g/mol. The highest BCUT2D eigenvalue weighted by Gasteiger charge is 2.32. The number of nitrogens with zero attached hydrogens (tertiary/aromatic N) is 4. The normalized spacial score (nSPS) is 20.7. The second-order valence-electron chi connectivity index (χ2n) is 7.61. The van der Waals surface area contributed by atoms with Crippen molar-refractivity contribution in [3.8, 4) is 0 Å². The quantitative estimate of drug-likeness (QED) is 0.829. The summed E-state index contributed by atoms with van der Waals surface area (Å²) in [6.45, 7) is 3.96. The van der Waals surface area contributed by atoms with E-state index < -0.39 is 5.95 Å². The van der Waals surface area contributed by atoms with E-state index in [1.807, 2.05) is 17.9 Å². The van der Waals surface area contributed by atoms with E-state index in [0.717, 1.165) is 44.2 Å². The second-order valence-corrected chi connectivity index (χ2v) is 7.61. The van der Waals surface area contributed by atoms with Gasteiger partial charge in [0, 0.05) is 38.3 Å². The molecule has 1 atom stereocenters. The van der Waals surface area contributed by atoms with Gasteiger partial charge in [-0.1, -0.05) is 6.07 Å². The molecule has 0 spiro atoms. The van der Waals surface area contributed by atoms with Crippen LogP contribution in [0.2, 0.25) is 0 Å². The standard InChI is InChI=1S/C20H25FN4O2/c1-14-7-8-16-22-18(19(21)25(16)13-14)20(27)24-11-3-2-5-15(24)9-12-23-10-4-6-17(23)26/h7-8,13,15H,2-6,9-12H2,1H3. The number of carbonyl (C=O) groups excluding carboxylic acids is 2. The molecule has 0 aromatic carbocycles. The molecule has 2 amide bonds. The third-order valence-corrected chi connectivity index (χ3v) is 5.70. The Hall–Kier alpha value is -2.44. The number of rotatable bonds is 4. The molecule has 2 aromatic heterocycles. The Bertz CT molecular complexity index is 878. The number of amides is 2. The molecular weight excluding hydrogens is 347 g/mol. The van der Waals surface area contributed by atoms with Crippen LogP contribution >= 0.6 is 0 Å². The smallest absolute Gasteiger partial charge is 0.277 e. The van der Waals surface area contributed by atoms with Gasteiger partial charge >= 0.3 is 0 Å². The molecule has 2 aliphatic rings. The lowest BCUT2D eigenvalue weighted by atomic mass is 9.98. The van der Waals surface area contributed by atoms with Gasteiger partial charge in [-0.25, -0.2) is 4.98 Å². The highest BCUT2D eigenvalue weighted by atomic mass is 19.1. The molecular formula is C20H25FN4O2. The number of aromatic nitrogens is 2. The highest BCUT2D eigenvalue weighted by molar-refractivity contribution is 5.93. The van der Waals surface area contributed by atoms with Gasteiger partial charge in [-0.15, -0.1) is 0 Å². The Morgan fingerprint density at radius 2 is 2.11 bits per heavy atom. The predicted octanol–water partition coefficient (Wildman–Crippen LogP) is 2.79. The average Bonchev–Trinajstić information content (AvgIpc) is 3.23. The Morgan fingerprint density at radius 1 is 1.26 bits per heavy atom. The van der Waals surface area contributed by atoms with Crippen LogP contribution in [0.25, 0.3) is 5.65 Å². The van der Waals surface area contributed by atoms with E-state index in [2.05, 4.69) is 4.98 Å². The molecule has 0 N–H and O–H groups in total. The molecule has 0 saturated carbocycles. The molecule has 1 unspecified atom stereocenters. The van der Waals surface area contributed by atoms with Gasteiger partial charge in [-0.2, -0.15) is 4.39 Å². The van der Waals surface area contributed by atoms with Crippen molar-refractivity contribution in [2.45, 2.75) is 51.5 Å². The maximum atomic E-state index is 14.8. The fourth-order valence-electron chi connectivity index (χ4n) is 4.21. The zero-order valence-electron chi connectivity index (χ0n) is 15.7. The monoisotopic (exact) mass is 372 g/mol. The first-order valence-corrected chi connectivity index (χ1v) is 9.77. The number of likely N-dealkylation sites (tertiary alicyclic amines) is 2. The van der Waals surface area contributed by atoms with E-state index in [4.69, 9.17) is 0 Å². The number of hydrogen-bond acceptors (Lipinski definition) is 3. The molecule has 2 aliphatic heterocycles. The molecule has 0 bridgehead atoms. The molecule has 4 heterocycles. The summed E-state index contributed by atoms with van der Waals surface area (Å²) < 4.78 is 16.2. The van der Waals surface area contributed by atoms with Gasteiger partial charge in [0.15, 0.2) is 5.69 Å². The van der Waals surface area contributed by atoms with E-state index in [1.54, 1.807) is 17.2 Å². The van der Waals surface area contributed by atoms with Crippen molar-refractivity contribution in [2.75, 3.05) is 19.6 Å².